The predicted molar refractivity (Wildman–Crippen MR) is 74.4 cm³/mol. The van der Waals surface area contributed by atoms with Crippen molar-refractivity contribution in [2.24, 2.45) is 0 Å². The molecule has 94 valence electrons. The minimum atomic E-state index is 0. The molecule has 2 nitrogen and oxygen atoms in total. The van der Waals surface area contributed by atoms with E-state index < -0.39 is 0 Å². The van der Waals surface area contributed by atoms with Crippen LogP contribution in [0.5, 0.6) is 0 Å². The van der Waals surface area contributed by atoms with E-state index in [4.69, 9.17) is 0 Å². The number of carbonyl (C=O) groups is 1. The number of hydrogen-bond donors (Lipinski definition) is 0. The quantitative estimate of drug-likeness (QED) is 0.766. The Bertz CT molecular complexity index is 355. The summed E-state index contributed by atoms with van der Waals surface area (Å²) in [6, 6.07) is 8.06. The molecule has 1 aromatic carbocycles. The van der Waals surface area contributed by atoms with E-state index >= 15 is 0 Å². The SMILES string of the molecule is CCC(=O)c1ccc(N2CCCCC2)cc1.Cl. The molecule has 3 heteroatoms. The molecule has 1 aliphatic heterocycles. The van der Waals surface area contributed by atoms with Gasteiger partial charge in [0.25, 0.3) is 0 Å². The first-order valence-electron chi connectivity index (χ1n) is 6.19. The Labute approximate surface area is 109 Å². The normalized spacial score (nSPS) is 15.2. The van der Waals surface area contributed by atoms with Crippen LogP contribution in [0.25, 0.3) is 0 Å². The van der Waals surface area contributed by atoms with Gasteiger partial charge in [-0.3, -0.25) is 4.79 Å². The zero-order chi connectivity index (χ0) is 11.4. The fourth-order valence-electron chi connectivity index (χ4n) is 2.21. The largest absolute Gasteiger partial charge is 0.372 e. The summed E-state index contributed by atoms with van der Waals surface area (Å²) in [6.45, 7) is 4.21. The summed E-state index contributed by atoms with van der Waals surface area (Å²) >= 11 is 0. The van der Waals surface area contributed by atoms with Crippen molar-refractivity contribution in [1.29, 1.82) is 0 Å². The van der Waals surface area contributed by atoms with Crippen molar-refractivity contribution >= 4 is 23.9 Å². The Balaban J connectivity index is 0.00000144. The van der Waals surface area contributed by atoms with Crippen molar-refractivity contribution in [3.63, 3.8) is 0 Å². The number of Topliss-reactive ketones (excluding diaryl/α,β-unsaturated/α-hetero) is 1. The van der Waals surface area contributed by atoms with Gasteiger partial charge >= 0.3 is 0 Å². The number of carbonyl (C=O) groups excluding carboxylic acids is 1. The zero-order valence-corrected chi connectivity index (χ0v) is 11.1. The average Bonchev–Trinajstić information content (AvgIpc) is 2.39. The highest BCUT2D eigenvalue weighted by Crippen LogP contribution is 2.20. The maximum atomic E-state index is 11.5. The van der Waals surface area contributed by atoms with Crippen molar-refractivity contribution in [1.82, 2.24) is 0 Å². The van der Waals surface area contributed by atoms with Gasteiger partial charge in [0.05, 0.1) is 0 Å². The molecule has 0 unspecified atom stereocenters. The summed E-state index contributed by atoms with van der Waals surface area (Å²) < 4.78 is 0. The fraction of sp³-hybridized carbons (Fsp3) is 0.500. The standard InChI is InChI=1S/C14H19NO.ClH/c1-2-14(16)12-6-8-13(9-7-12)15-10-4-3-5-11-15;/h6-9H,2-5,10-11H2,1H3;1H. The molecule has 17 heavy (non-hydrogen) atoms. The topological polar surface area (TPSA) is 20.3 Å². The molecular weight excluding hydrogens is 234 g/mol. The van der Waals surface area contributed by atoms with E-state index in [1.54, 1.807) is 0 Å². The molecule has 0 spiro atoms. The molecule has 1 aliphatic rings. The number of anilines is 1. The van der Waals surface area contributed by atoms with Crippen LogP contribution in [0.15, 0.2) is 24.3 Å². The van der Waals surface area contributed by atoms with Crippen LogP contribution in [0.3, 0.4) is 0 Å². The molecule has 1 fully saturated rings. The lowest BCUT2D eigenvalue weighted by molar-refractivity contribution is 0.0988. The third-order valence-corrected chi connectivity index (χ3v) is 3.23. The molecule has 0 N–H and O–H groups in total. The Kier molecular flexibility index (Phi) is 5.49. The molecule has 1 aromatic rings. The van der Waals surface area contributed by atoms with Gasteiger partial charge in [-0.1, -0.05) is 6.92 Å². The van der Waals surface area contributed by atoms with E-state index in [2.05, 4.69) is 17.0 Å². The average molecular weight is 254 g/mol. The summed E-state index contributed by atoms with van der Waals surface area (Å²) in [5, 5.41) is 0. The Morgan fingerprint density at radius 2 is 1.71 bits per heavy atom. The smallest absolute Gasteiger partial charge is 0.162 e. The Morgan fingerprint density at radius 3 is 2.24 bits per heavy atom. The van der Waals surface area contributed by atoms with Gasteiger partial charge in [0, 0.05) is 30.8 Å². The maximum absolute atomic E-state index is 11.5. The lowest BCUT2D eigenvalue weighted by Crippen LogP contribution is -2.29. The number of ketones is 1. The van der Waals surface area contributed by atoms with Crippen molar-refractivity contribution in [2.45, 2.75) is 32.6 Å². The van der Waals surface area contributed by atoms with E-state index in [9.17, 15) is 4.79 Å². The number of nitrogens with zero attached hydrogens (tertiary/aromatic N) is 1. The molecule has 1 heterocycles. The summed E-state index contributed by atoms with van der Waals surface area (Å²) in [6.07, 6.45) is 4.51. The van der Waals surface area contributed by atoms with Crippen LogP contribution in [0.1, 0.15) is 43.0 Å². The number of benzene rings is 1. The van der Waals surface area contributed by atoms with Crippen molar-refractivity contribution < 1.29 is 4.79 Å². The summed E-state index contributed by atoms with van der Waals surface area (Å²) in [4.78, 5) is 13.9. The molecule has 0 aliphatic carbocycles. The van der Waals surface area contributed by atoms with E-state index in [0.29, 0.717) is 6.42 Å². The second-order valence-electron chi connectivity index (χ2n) is 4.37. The van der Waals surface area contributed by atoms with E-state index in [-0.39, 0.29) is 18.2 Å². The minimum Gasteiger partial charge on any atom is -0.372 e. The first-order valence-corrected chi connectivity index (χ1v) is 6.19. The van der Waals surface area contributed by atoms with Crippen molar-refractivity contribution in [2.75, 3.05) is 18.0 Å². The van der Waals surface area contributed by atoms with Gasteiger partial charge in [0.15, 0.2) is 5.78 Å². The predicted octanol–water partition coefficient (Wildman–Crippen LogP) is 3.69. The maximum Gasteiger partial charge on any atom is 0.162 e. The van der Waals surface area contributed by atoms with Gasteiger partial charge in [0.1, 0.15) is 0 Å². The van der Waals surface area contributed by atoms with Crippen LogP contribution >= 0.6 is 12.4 Å². The monoisotopic (exact) mass is 253 g/mol. The van der Waals surface area contributed by atoms with Crippen molar-refractivity contribution in [3.05, 3.63) is 29.8 Å². The van der Waals surface area contributed by atoms with E-state index in [1.807, 2.05) is 19.1 Å². The molecular formula is C14H20ClNO. The lowest BCUT2D eigenvalue weighted by Gasteiger charge is -2.28. The highest BCUT2D eigenvalue weighted by molar-refractivity contribution is 5.96. The van der Waals surface area contributed by atoms with Gasteiger partial charge in [-0.05, 0) is 43.5 Å². The molecule has 0 amide bonds. The molecule has 0 atom stereocenters. The fourth-order valence-corrected chi connectivity index (χ4v) is 2.21. The number of halogens is 1. The van der Waals surface area contributed by atoms with Gasteiger partial charge in [0.2, 0.25) is 0 Å². The lowest BCUT2D eigenvalue weighted by atomic mass is 10.1. The minimum absolute atomic E-state index is 0. The molecule has 1 saturated heterocycles. The molecule has 0 radical (unpaired) electrons. The first-order chi connectivity index (χ1) is 7.81. The second kappa shape index (κ2) is 6.65. The first kappa shape index (κ1) is 14.0. The van der Waals surface area contributed by atoms with Crippen LogP contribution < -0.4 is 4.90 Å². The van der Waals surface area contributed by atoms with Crippen LogP contribution in [-0.2, 0) is 0 Å². The molecule has 2 rings (SSSR count). The molecule has 0 bridgehead atoms. The van der Waals surface area contributed by atoms with Crippen LogP contribution in [0.2, 0.25) is 0 Å². The number of rotatable bonds is 3. The van der Waals surface area contributed by atoms with Crippen LogP contribution in [-0.4, -0.2) is 18.9 Å². The number of hydrogen-bond acceptors (Lipinski definition) is 2. The number of piperidine rings is 1. The third kappa shape index (κ3) is 3.47. The summed E-state index contributed by atoms with van der Waals surface area (Å²) in [5.41, 5.74) is 2.09. The summed E-state index contributed by atoms with van der Waals surface area (Å²) in [5.74, 6) is 0.227. The van der Waals surface area contributed by atoms with Gasteiger partial charge < -0.3 is 4.90 Å². The Hall–Kier alpha value is -1.02. The third-order valence-electron chi connectivity index (χ3n) is 3.23. The Morgan fingerprint density at radius 1 is 1.12 bits per heavy atom. The van der Waals surface area contributed by atoms with Crippen LogP contribution in [0.4, 0.5) is 5.69 Å². The van der Waals surface area contributed by atoms with Crippen LogP contribution in [0, 0.1) is 0 Å². The van der Waals surface area contributed by atoms with Gasteiger partial charge in [-0.2, -0.15) is 0 Å². The summed E-state index contributed by atoms with van der Waals surface area (Å²) in [7, 11) is 0. The van der Waals surface area contributed by atoms with Gasteiger partial charge in [-0.25, -0.2) is 0 Å². The van der Waals surface area contributed by atoms with Crippen molar-refractivity contribution in [3.8, 4) is 0 Å². The highest BCUT2D eigenvalue weighted by atomic mass is 35.5. The van der Waals surface area contributed by atoms with E-state index in [0.717, 1.165) is 18.7 Å². The van der Waals surface area contributed by atoms with E-state index in [1.165, 1.54) is 24.9 Å². The zero-order valence-electron chi connectivity index (χ0n) is 10.3. The second-order valence-corrected chi connectivity index (χ2v) is 4.37. The highest BCUT2D eigenvalue weighted by Gasteiger charge is 2.11. The molecule has 0 aromatic heterocycles. The van der Waals surface area contributed by atoms with Gasteiger partial charge in [-0.15, -0.1) is 12.4 Å². The molecule has 0 saturated carbocycles.